The Hall–Kier alpha value is -1.62. The maximum absolute atomic E-state index is 11.5. The lowest BCUT2D eigenvalue weighted by atomic mass is 10.2. The molecule has 4 nitrogen and oxygen atoms in total. The molecule has 0 fully saturated rings. The lowest BCUT2D eigenvalue weighted by Gasteiger charge is -1.98. The molecule has 0 aromatic carbocycles. The SMILES string of the molecule is CCOC(=O)c1sc(C=CC(=O)O)cc1C. The summed E-state index contributed by atoms with van der Waals surface area (Å²) in [5.74, 6) is -1.37. The lowest BCUT2D eigenvalue weighted by Crippen LogP contribution is -2.03. The first kappa shape index (κ1) is 12.4. The molecule has 1 aromatic heterocycles. The molecular formula is C11H12O4S. The first-order chi connectivity index (χ1) is 7.54. The van der Waals surface area contributed by atoms with Gasteiger partial charge in [-0.05, 0) is 31.6 Å². The number of esters is 1. The van der Waals surface area contributed by atoms with E-state index in [1.807, 2.05) is 0 Å². The van der Waals surface area contributed by atoms with Crippen LogP contribution in [0.1, 0.15) is 27.0 Å². The van der Waals surface area contributed by atoms with Crippen molar-refractivity contribution in [2.24, 2.45) is 0 Å². The highest BCUT2D eigenvalue weighted by Gasteiger charge is 2.13. The predicted molar refractivity (Wildman–Crippen MR) is 61.7 cm³/mol. The van der Waals surface area contributed by atoms with Gasteiger partial charge in [0, 0.05) is 11.0 Å². The van der Waals surface area contributed by atoms with E-state index >= 15 is 0 Å². The van der Waals surface area contributed by atoms with Gasteiger partial charge in [0.15, 0.2) is 0 Å². The molecule has 86 valence electrons. The second kappa shape index (κ2) is 5.46. The minimum atomic E-state index is -1.01. The number of aryl methyl sites for hydroxylation is 1. The Morgan fingerprint density at radius 2 is 2.25 bits per heavy atom. The smallest absolute Gasteiger partial charge is 0.348 e. The van der Waals surface area contributed by atoms with Crippen molar-refractivity contribution in [2.75, 3.05) is 6.61 Å². The van der Waals surface area contributed by atoms with E-state index in [2.05, 4.69) is 0 Å². The van der Waals surface area contributed by atoms with Crippen LogP contribution < -0.4 is 0 Å². The van der Waals surface area contributed by atoms with Gasteiger partial charge in [-0.25, -0.2) is 9.59 Å². The fourth-order valence-electron chi connectivity index (χ4n) is 1.14. The van der Waals surface area contributed by atoms with Crippen LogP contribution in [0.4, 0.5) is 0 Å². The molecule has 0 radical (unpaired) electrons. The third-order valence-corrected chi connectivity index (χ3v) is 2.97. The van der Waals surface area contributed by atoms with E-state index in [0.717, 1.165) is 16.5 Å². The van der Waals surface area contributed by atoms with Crippen molar-refractivity contribution in [3.8, 4) is 0 Å². The lowest BCUT2D eigenvalue weighted by molar-refractivity contribution is -0.131. The van der Waals surface area contributed by atoms with Gasteiger partial charge in [0.1, 0.15) is 4.88 Å². The first-order valence-electron chi connectivity index (χ1n) is 4.73. The summed E-state index contributed by atoms with van der Waals surface area (Å²) in [7, 11) is 0. The van der Waals surface area contributed by atoms with E-state index in [4.69, 9.17) is 9.84 Å². The molecule has 0 amide bonds. The fraction of sp³-hybridized carbons (Fsp3) is 0.273. The van der Waals surface area contributed by atoms with E-state index in [1.165, 1.54) is 17.4 Å². The minimum absolute atomic E-state index is 0.330. The van der Waals surface area contributed by atoms with Crippen LogP contribution in [0, 0.1) is 6.92 Å². The van der Waals surface area contributed by atoms with Gasteiger partial charge in [0.2, 0.25) is 0 Å². The number of carboxylic acids is 1. The zero-order chi connectivity index (χ0) is 12.1. The summed E-state index contributed by atoms with van der Waals surface area (Å²) >= 11 is 1.22. The highest BCUT2D eigenvalue weighted by atomic mass is 32.1. The van der Waals surface area contributed by atoms with Crippen molar-refractivity contribution in [3.63, 3.8) is 0 Å². The van der Waals surface area contributed by atoms with Crippen molar-refractivity contribution >= 4 is 29.4 Å². The van der Waals surface area contributed by atoms with Crippen molar-refractivity contribution in [3.05, 3.63) is 27.5 Å². The van der Waals surface area contributed by atoms with Gasteiger partial charge in [-0.2, -0.15) is 0 Å². The summed E-state index contributed by atoms with van der Waals surface area (Å²) in [6.07, 6.45) is 2.50. The number of ether oxygens (including phenoxy) is 1. The third kappa shape index (κ3) is 3.20. The molecule has 1 rings (SSSR count). The Labute approximate surface area is 97.2 Å². The number of hydrogen-bond acceptors (Lipinski definition) is 4. The topological polar surface area (TPSA) is 63.6 Å². The molecule has 0 saturated carbocycles. The number of carboxylic acid groups (broad SMARTS) is 1. The molecule has 0 bridgehead atoms. The summed E-state index contributed by atoms with van der Waals surface area (Å²) < 4.78 is 4.88. The summed E-state index contributed by atoms with van der Waals surface area (Å²) in [4.78, 5) is 23.0. The molecule has 1 heterocycles. The van der Waals surface area contributed by atoms with E-state index in [-0.39, 0.29) is 5.97 Å². The van der Waals surface area contributed by atoms with E-state index in [1.54, 1.807) is 19.9 Å². The van der Waals surface area contributed by atoms with Crippen LogP contribution in [-0.2, 0) is 9.53 Å². The summed E-state index contributed by atoms with van der Waals surface area (Å²) in [6.45, 7) is 3.86. The second-order valence-electron chi connectivity index (χ2n) is 3.05. The van der Waals surface area contributed by atoms with Gasteiger partial charge in [0.25, 0.3) is 0 Å². The predicted octanol–water partition coefficient (Wildman–Crippen LogP) is 2.33. The van der Waals surface area contributed by atoms with Gasteiger partial charge < -0.3 is 9.84 Å². The third-order valence-electron chi connectivity index (χ3n) is 1.79. The molecular weight excluding hydrogens is 228 g/mol. The molecule has 0 aliphatic carbocycles. The van der Waals surface area contributed by atoms with Crippen LogP contribution >= 0.6 is 11.3 Å². The zero-order valence-electron chi connectivity index (χ0n) is 9.02. The average Bonchev–Trinajstić information content (AvgIpc) is 2.57. The standard InChI is InChI=1S/C11H12O4S/c1-3-15-11(14)10-7(2)6-8(16-10)4-5-9(12)13/h4-6H,3H2,1-2H3,(H,12,13). The zero-order valence-corrected chi connectivity index (χ0v) is 9.84. The highest BCUT2D eigenvalue weighted by Crippen LogP contribution is 2.23. The molecule has 1 aromatic rings. The normalized spacial score (nSPS) is 10.6. The molecule has 0 spiro atoms. The largest absolute Gasteiger partial charge is 0.478 e. The molecule has 0 aliphatic rings. The van der Waals surface area contributed by atoms with Gasteiger partial charge in [-0.15, -0.1) is 11.3 Å². The minimum Gasteiger partial charge on any atom is -0.478 e. The Morgan fingerprint density at radius 1 is 1.56 bits per heavy atom. The number of hydrogen-bond donors (Lipinski definition) is 1. The van der Waals surface area contributed by atoms with Crippen LogP contribution in [0.5, 0.6) is 0 Å². The van der Waals surface area contributed by atoms with E-state index in [9.17, 15) is 9.59 Å². The van der Waals surface area contributed by atoms with Crippen LogP contribution in [0.25, 0.3) is 6.08 Å². The molecule has 5 heteroatoms. The number of thiophene rings is 1. The van der Waals surface area contributed by atoms with Crippen molar-refractivity contribution in [1.29, 1.82) is 0 Å². The molecule has 0 saturated heterocycles. The van der Waals surface area contributed by atoms with Crippen LogP contribution in [0.15, 0.2) is 12.1 Å². The Balaban J connectivity index is 2.89. The quantitative estimate of drug-likeness (QED) is 0.648. The molecule has 1 N–H and O–H groups in total. The number of rotatable bonds is 4. The summed E-state index contributed by atoms with van der Waals surface area (Å²) in [5.41, 5.74) is 0.800. The van der Waals surface area contributed by atoms with Crippen LogP contribution in [-0.4, -0.2) is 23.7 Å². The molecule has 0 unspecified atom stereocenters. The maximum atomic E-state index is 11.5. The van der Waals surface area contributed by atoms with Crippen molar-refractivity contribution in [2.45, 2.75) is 13.8 Å². The van der Waals surface area contributed by atoms with Gasteiger partial charge in [0.05, 0.1) is 6.61 Å². The number of carbonyl (C=O) groups is 2. The average molecular weight is 240 g/mol. The fourth-order valence-corrected chi connectivity index (χ4v) is 2.11. The van der Waals surface area contributed by atoms with Gasteiger partial charge in [-0.3, -0.25) is 0 Å². The molecule has 0 atom stereocenters. The number of aliphatic carboxylic acids is 1. The Bertz CT molecular complexity index is 431. The maximum Gasteiger partial charge on any atom is 0.348 e. The van der Waals surface area contributed by atoms with Gasteiger partial charge >= 0.3 is 11.9 Å². The highest BCUT2D eigenvalue weighted by molar-refractivity contribution is 7.15. The monoisotopic (exact) mass is 240 g/mol. The summed E-state index contributed by atoms with van der Waals surface area (Å²) in [5, 5.41) is 8.47. The molecule has 16 heavy (non-hydrogen) atoms. The first-order valence-corrected chi connectivity index (χ1v) is 5.54. The Morgan fingerprint density at radius 3 is 2.81 bits per heavy atom. The van der Waals surface area contributed by atoms with E-state index in [0.29, 0.717) is 11.5 Å². The van der Waals surface area contributed by atoms with E-state index < -0.39 is 5.97 Å². The van der Waals surface area contributed by atoms with Crippen LogP contribution in [0.2, 0.25) is 0 Å². The van der Waals surface area contributed by atoms with Crippen LogP contribution in [0.3, 0.4) is 0 Å². The van der Waals surface area contributed by atoms with Gasteiger partial charge in [-0.1, -0.05) is 0 Å². The number of carbonyl (C=O) groups excluding carboxylic acids is 1. The van der Waals surface area contributed by atoms with Crippen molar-refractivity contribution < 1.29 is 19.4 Å². The summed E-state index contributed by atoms with van der Waals surface area (Å²) in [6, 6.07) is 1.76. The Kier molecular flexibility index (Phi) is 4.25. The van der Waals surface area contributed by atoms with Crippen molar-refractivity contribution in [1.82, 2.24) is 0 Å². The molecule has 0 aliphatic heterocycles. The second-order valence-corrected chi connectivity index (χ2v) is 4.14.